The minimum absolute atomic E-state index is 0.0252. The van der Waals surface area contributed by atoms with Gasteiger partial charge in [-0.1, -0.05) is 0 Å². The molecule has 0 amide bonds. The number of nitrogen functional groups attached to an aromatic ring is 1. The molecule has 23 heavy (non-hydrogen) atoms. The standard InChI is InChI=1S/C15H20N4O4/c16-12-9-3-5-19(13(9)18-7-17-12)14-15(22,8-1-2-8)11(21)10(23-14)4-6-20/h3,5,7-8,10-11,14,20-22H,1-2,4,6H2,(H2,16,17,18). The Balaban J connectivity index is 1.80. The van der Waals surface area contributed by atoms with Crippen molar-refractivity contribution in [3.63, 3.8) is 0 Å². The van der Waals surface area contributed by atoms with Gasteiger partial charge in [0, 0.05) is 12.8 Å². The van der Waals surface area contributed by atoms with Gasteiger partial charge in [-0.2, -0.15) is 0 Å². The van der Waals surface area contributed by atoms with E-state index in [9.17, 15) is 15.3 Å². The van der Waals surface area contributed by atoms with E-state index in [0.717, 1.165) is 12.8 Å². The van der Waals surface area contributed by atoms with Crippen LogP contribution in [-0.2, 0) is 4.74 Å². The Labute approximate surface area is 132 Å². The van der Waals surface area contributed by atoms with Gasteiger partial charge in [0.2, 0.25) is 0 Å². The molecular formula is C15H20N4O4. The van der Waals surface area contributed by atoms with Crippen LogP contribution in [0.1, 0.15) is 25.5 Å². The predicted molar refractivity (Wildman–Crippen MR) is 81.2 cm³/mol. The lowest BCUT2D eigenvalue weighted by atomic mass is 9.88. The molecule has 0 bridgehead atoms. The summed E-state index contributed by atoms with van der Waals surface area (Å²) in [6.07, 6.45) is 2.61. The van der Waals surface area contributed by atoms with Gasteiger partial charge in [0.05, 0.1) is 11.5 Å². The van der Waals surface area contributed by atoms with Crippen molar-refractivity contribution in [2.24, 2.45) is 5.92 Å². The first-order chi connectivity index (χ1) is 11.1. The zero-order valence-electron chi connectivity index (χ0n) is 12.5. The Bertz CT molecular complexity index is 731. The summed E-state index contributed by atoms with van der Waals surface area (Å²) < 4.78 is 7.63. The topological polar surface area (TPSA) is 127 Å². The molecule has 1 aliphatic carbocycles. The van der Waals surface area contributed by atoms with Crippen molar-refractivity contribution >= 4 is 16.9 Å². The monoisotopic (exact) mass is 320 g/mol. The molecule has 8 nitrogen and oxygen atoms in total. The maximum Gasteiger partial charge on any atom is 0.167 e. The minimum Gasteiger partial charge on any atom is -0.396 e. The van der Waals surface area contributed by atoms with Crippen molar-refractivity contribution in [1.82, 2.24) is 14.5 Å². The Morgan fingerprint density at radius 3 is 2.87 bits per heavy atom. The number of fused-ring (bicyclic) bond motifs is 1. The van der Waals surface area contributed by atoms with Gasteiger partial charge >= 0.3 is 0 Å². The van der Waals surface area contributed by atoms with Gasteiger partial charge in [0.1, 0.15) is 29.5 Å². The molecule has 2 aliphatic rings. The number of aliphatic hydroxyl groups excluding tert-OH is 2. The number of ether oxygens (including phenoxy) is 1. The molecule has 2 aromatic heterocycles. The highest BCUT2D eigenvalue weighted by molar-refractivity contribution is 5.86. The predicted octanol–water partition coefficient (Wildman–Crippen LogP) is -0.205. The molecule has 4 unspecified atom stereocenters. The van der Waals surface area contributed by atoms with Gasteiger partial charge in [-0.3, -0.25) is 0 Å². The smallest absolute Gasteiger partial charge is 0.167 e. The van der Waals surface area contributed by atoms with E-state index >= 15 is 0 Å². The van der Waals surface area contributed by atoms with Crippen LogP contribution in [0.3, 0.4) is 0 Å². The maximum absolute atomic E-state index is 11.2. The highest BCUT2D eigenvalue weighted by Gasteiger charge is 2.62. The summed E-state index contributed by atoms with van der Waals surface area (Å²) in [7, 11) is 0. The first kappa shape index (κ1) is 14.8. The van der Waals surface area contributed by atoms with E-state index in [1.165, 1.54) is 6.33 Å². The molecule has 0 spiro atoms. The van der Waals surface area contributed by atoms with Gasteiger partial charge in [-0.25, -0.2) is 9.97 Å². The average molecular weight is 320 g/mol. The maximum atomic E-state index is 11.2. The van der Waals surface area contributed by atoms with Crippen LogP contribution in [0.4, 0.5) is 5.82 Å². The first-order valence-corrected chi connectivity index (χ1v) is 7.81. The molecule has 1 saturated heterocycles. The number of aliphatic hydroxyl groups is 3. The van der Waals surface area contributed by atoms with Crippen molar-refractivity contribution in [2.75, 3.05) is 12.3 Å². The summed E-state index contributed by atoms with van der Waals surface area (Å²) in [6.45, 7) is -0.114. The van der Waals surface area contributed by atoms with Crippen LogP contribution in [0.25, 0.3) is 11.0 Å². The van der Waals surface area contributed by atoms with Crippen LogP contribution in [0.15, 0.2) is 18.6 Å². The van der Waals surface area contributed by atoms with E-state index in [2.05, 4.69) is 9.97 Å². The van der Waals surface area contributed by atoms with Gasteiger partial charge < -0.3 is 30.4 Å². The van der Waals surface area contributed by atoms with Crippen LogP contribution in [0.2, 0.25) is 0 Å². The molecule has 4 rings (SSSR count). The number of hydrogen-bond acceptors (Lipinski definition) is 7. The SMILES string of the molecule is Nc1ncnc2c1ccn2C1OC(CCO)C(O)C1(O)C1CC1. The van der Waals surface area contributed by atoms with Crippen LogP contribution >= 0.6 is 0 Å². The molecular weight excluding hydrogens is 300 g/mol. The molecule has 4 atom stereocenters. The average Bonchev–Trinajstić information content (AvgIpc) is 3.26. The number of hydrogen-bond donors (Lipinski definition) is 4. The van der Waals surface area contributed by atoms with E-state index < -0.39 is 24.0 Å². The van der Waals surface area contributed by atoms with Crippen LogP contribution in [0, 0.1) is 5.92 Å². The van der Waals surface area contributed by atoms with E-state index in [-0.39, 0.29) is 18.9 Å². The number of rotatable bonds is 4. The zero-order valence-corrected chi connectivity index (χ0v) is 12.5. The van der Waals surface area contributed by atoms with E-state index in [1.807, 2.05) is 0 Å². The normalized spacial score (nSPS) is 34.3. The third kappa shape index (κ3) is 2.06. The summed E-state index contributed by atoms with van der Waals surface area (Å²) in [6, 6.07) is 1.77. The van der Waals surface area contributed by atoms with E-state index in [4.69, 9.17) is 10.5 Å². The Hall–Kier alpha value is -1.74. The number of aromatic nitrogens is 3. The van der Waals surface area contributed by atoms with Crippen LogP contribution < -0.4 is 5.73 Å². The van der Waals surface area contributed by atoms with Crippen LogP contribution in [0.5, 0.6) is 0 Å². The zero-order chi connectivity index (χ0) is 16.2. The van der Waals surface area contributed by atoms with E-state index in [1.54, 1.807) is 16.8 Å². The number of anilines is 1. The first-order valence-electron chi connectivity index (χ1n) is 7.81. The molecule has 124 valence electrons. The Kier molecular flexibility index (Phi) is 3.31. The van der Waals surface area contributed by atoms with Crippen molar-refractivity contribution in [2.45, 2.75) is 43.3 Å². The largest absolute Gasteiger partial charge is 0.396 e. The molecule has 3 heterocycles. The fraction of sp³-hybridized carbons (Fsp3) is 0.600. The third-order valence-electron chi connectivity index (χ3n) is 4.96. The molecule has 8 heteroatoms. The van der Waals surface area contributed by atoms with Gasteiger partial charge in [-0.05, 0) is 31.2 Å². The summed E-state index contributed by atoms with van der Waals surface area (Å²) in [4.78, 5) is 8.20. The Morgan fingerprint density at radius 1 is 1.39 bits per heavy atom. The lowest BCUT2D eigenvalue weighted by Gasteiger charge is -2.32. The third-order valence-corrected chi connectivity index (χ3v) is 4.96. The molecule has 0 aromatic carbocycles. The second-order valence-electron chi connectivity index (χ2n) is 6.36. The molecule has 2 fully saturated rings. The molecule has 0 radical (unpaired) electrons. The summed E-state index contributed by atoms with van der Waals surface area (Å²) in [5, 5.41) is 31.6. The van der Waals surface area contributed by atoms with E-state index in [0.29, 0.717) is 16.9 Å². The van der Waals surface area contributed by atoms with Crippen molar-refractivity contribution in [3.05, 3.63) is 18.6 Å². The van der Waals surface area contributed by atoms with Crippen molar-refractivity contribution in [1.29, 1.82) is 0 Å². The second-order valence-corrected chi connectivity index (χ2v) is 6.36. The number of nitrogens with zero attached hydrogens (tertiary/aromatic N) is 3. The minimum atomic E-state index is -1.40. The van der Waals surface area contributed by atoms with Crippen molar-refractivity contribution < 1.29 is 20.1 Å². The highest BCUT2D eigenvalue weighted by atomic mass is 16.6. The lowest BCUT2D eigenvalue weighted by molar-refractivity contribution is -0.121. The van der Waals surface area contributed by atoms with Crippen molar-refractivity contribution in [3.8, 4) is 0 Å². The van der Waals surface area contributed by atoms with Crippen LogP contribution in [-0.4, -0.2) is 54.3 Å². The fourth-order valence-electron chi connectivity index (χ4n) is 3.60. The summed E-state index contributed by atoms with van der Waals surface area (Å²) in [5.74, 6) is 0.331. The molecule has 1 saturated carbocycles. The summed E-state index contributed by atoms with van der Waals surface area (Å²) in [5.41, 5.74) is 5.02. The Morgan fingerprint density at radius 2 is 2.17 bits per heavy atom. The molecule has 2 aromatic rings. The van der Waals surface area contributed by atoms with Gasteiger partial charge in [0.15, 0.2) is 6.23 Å². The fourth-order valence-corrected chi connectivity index (χ4v) is 3.60. The lowest BCUT2D eigenvalue weighted by Crippen LogP contribution is -2.48. The summed E-state index contributed by atoms with van der Waals surface area (Å²) >= 11 is 0. The quantitative estimate of drug-likeness (QED) is 0.614. The molecule has 1 aliphatic heterocycles. The van der Waals surface area contributed by atoms with Gasteiger partial charge in [0.25, 0.3) is 0 Å². The number of nitrogens with two attached hydrogens (primary N) is 1. The molecule has 5 N–H and O–H groups in total. The highest BCUT2D eigenvalue weighted by Crippen LogP contribution is 2.53. The second kappa shape index (κ2) is 5.13. The van der Waals surface area contributed by atoms with Gasteiger partial charge in [-0.15, -0.1) is 0 Å².